The van der Waals surface area contributed by atoms with Gasteiger partial charge in [-0.15, -0.1) is 0 Å². The number of methoxy groups -OCH3 is 2. The molecule has 224 valence electrons. The van der Waals surface area contributed by atoms with Crippen LogP contribution in [0.3, 0.4) is 0 Å². The van der Waals surface area contributed by atoms with Crippen LogP contribution >= 0.6 is 0 Å². The van der Waals surface area contributed by atoms with Gasteiger partial charge in [0.15, 0.2) is 17.3 Å². The lowest BCUT2D eigenvalue weighted by atomic mass is 9.96. The molecule has 5 aromatic rings. The Bertz CT molecular complexity index is 1930. The lowest BCUT2D eigenvalue weighted by molar-refractivity contribution is 0.0697. The van der Waals surface area contributed by atoms with Gasteiger partial charge in [-0.05, 0) is 89.7 Å². The third-order valence-electron chi connectivity index (χ3n) is 7.30. The molecule has 0 fully saturated rings. The van der Waals surface area contributed by atoms with Crippen molar-refractivity contribution in [1.29, 1.82) is 0 Å². The van der Waals surface area contributed by atoms with Gasteiger partial charge in [-0.25, -0.2) is 9.78 Å². The van der Waals surface area contributed by atoms with Gasteiger partial charge in [-0.2, -0.15) is 9.78 Å². The molecule has 0 unspecified atom stereocenters. The predicted molar refractivity (Wildman–Crippen MR) is 171 cm³/mol. The molecular weight excluding hydrogens is 558 g/mol. The minimum atomic E-state index is -0.982. The molecule has 1 N–H and O–H groups in total. The fraction of sp³-hybridized carbons (Fsp3) is 0.200. The number of nitrogens with zero attached hydrogens (tertiary/aromatic N) is 3. The minimum Gasteiger partial charge on any atom is -0.496 e. The number of carboxylic acid groups (broad SMARTS) is 1. The van der Waals surface area contributed by atoms with Crippen molar-refractivity contribution in [3.63, 3.8) is 0 Å². The van der Waals surface area contributed by atoms with Gasteiger partial charge in [0.05, 0.1) is 36.9 Å². The maximum Gasteiger partial charge on any atom is 0.335 e. The molecule has 0 spiro atoms. The van der Waals surface area contributed by atoms with Crippen molar-refractivity contribution >= 4 is 23.1 Å². The quantitative estimate of drug-likeness (QED) is 0.181. The summed E-state index contributed by atoms with van der Waals surface area (Å²) in [6.07, 6.45) is 1.58. The number of aromatic carboxylic acids is 1. The number of carbonyl (C=O) groups is 1. The summed E-state index contributed by atoms with van der Waals surface area (Å²) in [5, 5.41) is 14.2. The van der Waals surface area contributed by atoms with Gasteiger partial charge in [-0.3, -0.25) is 4.79 Å². The van der Waals surface area contributed by atoms with Crippen molar-refractivity contribution in [3.05, 3.63) is 117 Å². The second kappa shape index (κ2) is 12.8. The molecule has 9 heteroatoms. The summed E-state index contributed by atoms with van der Waals surface area (Å²) < 4.78 is 18.5. The molecular formula is C35H33N3O6. The molecule has 9 nitrogen and oxygen atoms in total. The predicted octanol–water partition coefficient (Wildman–Crippen LogP) is 6.67. The Morgan fingerprint density at radius 3 is 2.36 bits per heavy atom. The average molecular weight is 592 g/mol. The van der Waals surface area contributed by atoms with Crippen LogP contribution in [-0.4, -0.2) is 41.2 Å². The van der Waals surface area contributed by atoms with Crippen molar-refractivity contribution in [2.24, 2.45) is 5.10 Å². The Morgan fingerprint density at radius 2 is 1.68 bits per heavy atom. The highest BCUT2D eigenvalue weighted by Gasteiger charge is 2.18. The minimum absolute atomic E-state index is 0.186. The number of aromatic nitrogens is 2. The van der Waals surface area contributed by atoms with Crippen LogP contribution < -0.4 is 19.8 Å². The number of carboxylic acids is 1. The highest BCUT2D eigenvalue weighted by molar-refractivity contribution is 5.87. The summed E-state index contributed by atoms with van der Waals surface area (Å²) in [5.41, 5.74) is 4.69. The second-order valence-corrected chi connectivity index (χ2v) is 10.6. The van der Waals surface area contributed by atoms with Crippen LogP contribution in [0.2, 0.25) is 0 Å². The van der Waals surface area contributed by atoms with E-state index in [1.165, 1.54) is 16.8 Å². The van der Waals surface area contributed by atoms with E-state index < -0.39 is 5.97 Å². The molecule has 1 heterocycles. The average Bonchev–Trinajstić information content (AvgIpc) is 3.03. The second-order valence-electron chi connectivity index (χ2n) is 10.6. The molecule has 0 saturated heterocycles. The molecule has 0 atom stereocenters. The Balaban J connectivity index is 1.51. The van der Waals surface area contributed by atoms with Crippen LogP contribution in [0.5, 0.6) is 17.2 Å². The summed E-state index contributed by atoms with van der Waals surface area (Å²) in [6.45, 7) is 6.37. The highest BCUT2D eigenvalue weighted by Crippen LogP contribution is 2.34. The molecule has 0 bridgehead atoms. The summed E-state index contributed by atoms with van der Waals surface area (Å²) in [4.78, 5) is 29.8. The topological polar surface area (TPSA) is 112 Å². The van der Waals surface area contributed by atoms with Crippen LogP contribution in [0.25, 0.3) is 22.3 Å². The number of aryl methyl sites for hydroxylation is 1. The zero-order chi connectivity index (χ0) is 31.4. The summed E-state index contributed by atoms with van der Waals surface area (Å²) in [6, 6.07) is 23.0. The van der Waals surface area contributed by atoms with Gasteiger partial charge in [-0.1, -0.05) is 38.1 Å². The van der Waals surface area contributed by atoms with Crippen molar-refractivity contribution in [1.82, 2.24) is 9.66 Å². The lowest BCUT2D eigenvalue weighted by Crippen LogP contribution is -2.20. The zero-order valence-corrected chi connectivity index (χ0v) is 25.2. The first-order valence-electron chi connectivity index (χ1n) is 14.1. The van der Waals surface area contributed by atoms with E-state index >= 15 is 0 Å². The molecule has 1 aromatic heterocycles. The van der Waals surface area contributed by atoms with Gasteiger partial charge in [0, 0.05) is 5.56 Å². The van der Waals surface area contributed by atoms with Gasteiger partial charge in [0.25, 0.3) is 5.56 Å². The SMILES string of the molecule is COc1cc(C=Nn2c(-c3cc(C(C)C)c(OC)cc3C)nc3ccccc3c2=O)ccc1OCc1ccc(C(=O)O)cc1. The van der Waals surface area contributed by atoms with E-state index in [1.54, 1.807) is 56.8 Å². The number of rotatable bonds is 10. The summed E-state index contributed by atoms with van der Waals surface area (Å²) >= 11 is 0. The monoisotopic (exact) mass is 591 g/mol. The highest BCUT2D eigenvalue weighted by atomic mass is 16.5. The summed E-state index contributed by atoms with van der Waals surface area (Å²) in [5.74, 6) is 1.40. The first kappa shape index (κ1) is 30.0. The Morgan fingerprint density at radius 1 is 0.955 bits per heavy atom. The zero-order valence-electron chi connectivity index (χ0n) is 25.2. The third-order valence-corrected chi connectivity index (χ3v) is 7.30. The molecule has 0 aliphatic rings. The first-order chi connectivity index (χ1) is 21.2. The molecule has 44 heavy (non-hydrogen) atoms. The number of benzene rings is 4. The fourth-order valence-corrected chi connectivity index (χ4v) is 4.88. The van der Waals surface area contributed by atoms with Crippen molar-refractivity contribution in [2.45, 2.75) is 33.3 Å². The molecule has 0 radical (unpaired) electrons. The molecule has 0 amide bonds. The van der Waals surface area contributed by atoms with Gasteiger partial charge in [0.2, 0.25) is 0 Å². The Kier molecular flexibility index (Phi) is 8.76. The molecule has 0 saturated carbocycles. The summed E-state index contributed by atoms with van der Waals surface area (Å²) in [7, 11) is 3.19. The Hall–Kier alpha value is -5.44. The van der Waals surface area contributed by atoms with Gasteiger partial charge < -0.3 is 19.3 Å². The Labute approximate surface area is 255 Å². The van der Waals surface area contributed by atoms with E-state index in [9.17, 15) is 9.59 Å². The van der Waals surface area contributed by atoms with E-state index in [2.05, 4.69) is 18.9 Å². The van der Waals surface area contributed by atoms with Crippen LogP contribution in [0.1, 0.15) is 52.4 Å². The maximum atomic E-state index is 13.8. The van der Waals surface area contributed by atoms with E-state index in [1.807, 2.05) is 37.3 Å². The smallest absolute Gasteiger partial charge is 0.335 e. The van der Waals surface area contributed by atoms with Crippen LogP contribution in [0.4, 0.5) is 0 Å². The third kappa shape index (κ3) is 6.17. The van der Waals surface area contributed by atoms with Crippen molar-refractivity contribution in [3.8, 4) is 28.6 Å². The van der Waals surface area contributed by atoms with E-state index in [-0.39, 0.29) is 23.6 Å². The fourth-order valence-electron chi connectivity index (χ4n) is 4.88. The van der Waals surface area contributed by atoms with Gasteiger partial charge >= 0.3 is 5.97 Å². The molecule has 4 aromatic carbocycles. The van der Waals surface area contributed by atoms with Crippen molar-refractivity contribution in [2.75, 3.05) is 14.2 Å². The van der Waals surface area contributed by atoms with Gasteiger partial charge in [0.1, 0.15) is 12.4 Å². The van der Waals surface area contributed by atoms with Crippen LogP contribution in [-0.2, 0) is 6.61 Å². The number of fused-ring (bicyclic) bond motifs is 1. The normalized spacial score (nSPS) is 11.3. The standard InChI is InChI=1S/C35H33N3O6/c1-21(2)27-18-28(22(3)16-31(27)42-4)33-37-29-9-7-6-8-26(29)34(39)38(33)36-19-24-12-15-30(32(17-24)43-5)44-20-23-10-13-25(14-11-23)35(40)41/h6-19,21H,20H2,1-5H3,(H,40,41). The first-order valence-corrected chi connectivity index (χ1v) is 14.1. The largest absolute Gasteiger partial charge is 0.496 e. The maximum absolute atomic E-state index is 13.8. The number of hydrogen-bond acceptors (Lipinski definition) is 7. The number of para-hydroxylation sites is 1. The van der Waals surface area contributed by atoms with Crippen LogP contribution in [0.15, 0.2) is 88.8 Å². The van der Waals surface area contributed by atoms with E-state index in [0.717, 1.165) is 28.0 Å². The molecule has 0 aliphatic heterocycles. The van der Waals surface area contributed by atoms with Crippen LogP contribution in [0, 0.1) is 6.92 Å². The number of hydrogen-bond donors (Lipinski definition) is 1. The van der Waals surface area contributed by atoms with E-state index in [4.69, 9.17) is 24.3 Å². The molecule has 0 aliphatic carbocycles. The number of ether oxygens (including phenoxy) is 3. The lowest BCUT2D eigenvalue weighted by Gasteiger charge is -2.17. The molecule has 5 rings (SSSR count). The van der Waals surface area contributed by atoms with E-state index in [0.29, 0.717) is 33.8 Å². The van der Waals surface area contributed by atoms with Crippen molar-refractivity contribution < 1.29 is 24.1 Å².